The highest BCUT2D eigenvalue weighted by Gasteiger charge is 2.00. The second-order valence-electron chi connectivity index (χ2n) is 5.47. The molecule has 1 amide bonds. The summed E-state index contributed by atoms with van der Waals surface area (Å²) in [5.74, 6) is 0.786. The van der Waals surface area contributed by atoms with E-state index in [0.717, 1.165) is 35.8 Å². The van der Waals surface area contributed by atoms with Gasteiger partial charge in [0.25, 0.3) is 0 Å². The Bertz CT molecular complexity index is 641. The average Bonchev–Trinajstić information content (AvgIpc) is 2.52. The van der Waals surface area contributed by atoms with Gasteiger partial charge >= 0.3 is 0 Å². The summed E-state index contributed by atoms with van der Waals surface area (Å²) in [6, 6.07) is 15.5. The van der Waals surface area contributed by atoms with E-state index in [1.165, 1.54) is 19.8 Å². The average molecular weight is 312 g/mol. The van der Waals surface area contributed by atoms with Crippen LogP contribution in [0.2, 0.25) is 0 Å². The van der Waals surface area contributed by atoms with Gasteiger partial charge in [-0.25, -0.2) is 0 Å². The van der Waals surface area contributed by atoms with Crippen LogP contribution in [0.4, 0.5) is 17.1 Å². The first-order valence-corrected chi connectivity index (χ1v) is 8.05. The Morgan fingerprint density at radius 1 is 1.00 bits per heavy atom. The molecule has 2 rings (SSSR count). The van der Waals surface area contributed by atoms with E-state index in [0.29, 0.717) is 0 Å². The standard InChI is InChI=1S/C19H24N2O2/c1-3-4-5-12-23-19-11-7-10-18(14-19)21-17-9-6-8-16(13-17)20-15(2)22/h6-11,13-14,21H,3-5,12H2,1-2H3,(H,20,22). The van der Waals surface area contributed by atoms with Crippen molar-refractivity contribution >= 4 is 23.0 Å². The third kappa shape index (κ3) is 6.02. The molecular formula is C19H24N2O2. The molecule has 0 bridgehead atoms. The van der Waals surface area contributed by atoms with Crippen LogP contribution in [-0.4, -0.2) is 12.5 Å². The molecule has 0 spiro atoms. The van der Waals surface area contributed by atoms with E-state index in [9.17, 15) is 4.79 Å². The molecule has 0 unspecified atom stereocenters. The summed E-state index contributed by atoms with van der Waals surface area (Å²) < 4.78 is 5.77. The van der Waals surface area contributed by atoms with E-state index in [2.05, 4.69) is 17.6 Å². The molecule has 0 atom stereocenters. The molecule has 2 aromatic rings. The first-order chi connectivity index (χ1) is 11.2. The number of benzene rings is 2. The second-order valence-corrected chi connectivity index (χ2v) is 5.47. The molecule has 122 valence electrons. The van der Waals surface area contributed by atoms with Crippen molar-refractivity contribution in [2.24, 2.45) is 0 Å². The molecule has 0 saturated heterocycles. The van der Waals surface area contributed by atoms with Crippen molar-refractivity contribution in [3.63, 3.8) is 0 Å². The van der Waals surface area contributed by atoms with Crippen molar-refractivity contribution in [3.8, 4) is 5.75 Å². The van der Waals surface area contributed by atoms with Gasteiger partial charge in [-0.1, -0.05) is 31.9 Å². The lowest BCUT2D eigenvalue weighted by molar-refractivity contribution is -0.114. The quantitative estimate of drug-likeness (QED) is 0.677. The number of unbranched alkanes of at least 4 members (excludes halogenated alkanes) is 2. The lowest BCUT2D eigenvalue weighted by atomic mass is 10.2. The fourth-order valence-electron chi connectivity index (χ4n) is 2.25. The molecule has 4 nitrogen and oxygen atoms in total. The van der Waals surface area contributed by atoms with Gasteiger partial charge in [0.05, 0.1) is 6.61 Å². The van der Waals surface area contributed by atoms with E-state index in [4.69, 9.17) is 4.74 Å². The maximum Gasteiger partial charge on any atom is 0.221 e. The predicted molar refractivity (Wildman–Crippen MR) is 95.5 cm³/mol. The van der Waals surface area contributed by atoms with E-state index in [1.807, 2.05) is 48.5 Å². The van der Waals surface area contributed by atoms with Crippen molar-refractivity contribution in [1.29, 1.82) is 0 Å². The lowest BCUT2D eigenvalue weighted by Gasteiger charge is -2.11. The Hall–Kier alpha value is -2.49. The first-order valence-electron chi connectivity index (χ1n) is 8.05. The number of hydrogen-bond donors (Lipinski definition) is 2. The van der Waals surface area contributed by atoms with Gasteiger partial charge in [-0.05, 0) is 36.8 Å². The Balaban J connectivity index is 1.98. The van der Waals surface area contributed by atoms with Crippen molar-refractivity contribution in [1.82, 2.24) is 0 Å². The van der Waals surface area contributed by atoms with Crippen LogP contribution in [0, 0.1) is 0 Å². The molecule has 2 aromatic carbocycles. The molecule has 0 fully saturated rings. The highest BCUT2D eigenvalue weighted by atomic mass is 16.5. The van der Waals surface area contributed by atoms with Gasteiger partial charge in [0.15, 0.2) is 0 Å². The second kappa shape index (κ2) is 8.83. The molecule has 4 heteroatoms. The maximum absolute atomic E-state index is 11.1. The van der Waals surface area contributed by atoms with Crippen LogP contribution in [0.25, 0.3) is 0 Å². The normalized spacial score (nSPS) is 10.2. The summed E-state index contributed by atoms with van der Waals surface area (Å²) in [4.78, 5) is 11.1. The first kappa shape index (κ1) is 16.9. The summed E-state index contributed by atoms with van der Waals surface area (Å²) in [5, 5.41) is 6.11. The van der Waals surface area contributed by atoms with Crippen LogP contribution in [-0.2, 0) is 4.79 Å². The molecule has 0 heterocycles. The van der Waals surface area contributed by atoms with Crippen molar-refractivity contribution < 1.29 is 9.53 Å². The van der Waals surface area contributed by atoms with Crippen molar-refractivity contribution in [3.05, 3.63) is 48.5 Å². The highest BCUT2D eigenvalue weighted by molar-refractivity contribution is 5.89. The van der Waals surface area contributed by atoms with Gasteiger partial charge in [0.1, 0.15) is 5.75 Å². The molecule has 0 aliphatic carbocycles. The number of rotatable bonds is 8. The number of carbonyl (C=O) groups excluding carboxylic acids is 1. The third-order valence-corrected chi connectivity index (χ3v) is 3.32. The Kier molecular flexibility index (Phi) is 6.48. The summed E-state index contributed by atoms with van der Waals surface area (Å²) in [6.45, 7) is 4.42. The molecule has 0 radical (unpaired) electrons. The monoisotopic (exact) mass is 312 g/mol. The Morgan fingerprint density at radius 2 is 1.70 bits per heavy atom. The lowest BCUT2D eigenvalue weighted by Crippen LogP contribution is -2.05. The Morgan fingerprint density at radius 3 is 2.43 bits per heavy atom. The molecule has 2 N–H and O–H groups in total. The van der Waals surface area contributed by atoms with Crippen molar-refractivity contribution in [2.45, 2.75) is 33.1 Å². The number of anilines is 3. The molecule has 0 aromatic heterocycles. The topological polar surface area (TPSA) is 50.4 Å². The van der Waals surface area contributed by atoms with Gasteiger partial charge in [0.2, 0.25) is 5.91 Å². The number of carbonyl (C=O) groups is 1. The fraction of sp³-hybridized carbons (Fsp3) is 0.316. The zero-order valence-electron chi connectivity index (χ0n) is 13.8. The molecule has 0 saturated carbocycles. The zero-order chi connectivity index (χ0) is 16.5. The van der Waals surface area contributed by atoms with Crippen molar-refractivity contribution in [2.75, 3.05) is 17.2 Å². The van der Waals surface area contributed by atoms with Crippen LogP contribution < -0.4 is 15.4 Å². The van der Waals surface area contributed by atoms with Crippen LogP contribution in [0.15, 0.2) is 48.5 Å². The van der Waals surface area contributed by atoms with Gasteiger partial charge in [0, 0.05) is 30.1 Å². The van der Waals surface area contributed by atoms with Gasteiger partial charge < -0.3 is 15.4 Å². The zero-order valence-corrected chi connectivity index (χ0v) is 13.8. The summed E-state index contributed by atoms with van der Waals surface area (Å²) in [6.07, 6.45) is 3.45. The number of amides is 1. The van der Waals surface area contributed by atoms with Crippen LogP contribution in [0.1, 0.15) is 33.1 Å². The summed E-state index contributed by atoms with van der Waals surface area (Å²) in [7, 11) is 0. The van der Waals surface area contributed by atoms with E-state index in [-0.39, 0.29) is 5.91 Å². The van der Waals surface area contributed by atoms with E-state index in [1.54, 1.807) is 0 Å². The minimum absolute atomic E-state index is 0.0790. The smallest absolute Gasteiger partial charge is 0.221 e. The summed E-state index contributed by atoms with van der Waals surface area (Å²) in [5.41, 5.74) is 2.65. The molecule has 0 aliphatic heterocycles. The van der Waals surface area contributed by atoms with Gasteiger partial charge in [-0.3, -0.25) is 4.79 Å². The molecule has 0 aliphatic rings. The van der Waals surface area contributed by atoms with E-state index >= 15 is 0 Å². The van der Waals surface area contributed by atoms with Crippen LogP contribution in [0.5, 0.6) is 5.75 Å². The maximum atomic E-state index is 11.1. The molecular weight excluding hydrogens is 288 g/mol. The van der Waals surface area contributed by atoms with Crippen LogP contribution >= 0.6 is 0 Å². The fourth-order valence-corrected chi connectivity index (χ4v) is 2.25. The van der Waals surface area contributed by atoms with E-state index < -0.39 is 0 Å². The summed E-state index contributed by atoms with van der Waals surface area (Å²) >= 11 is 0. The molecule has 23 heavy (non-hydrogen) atoms. The third-order valence-electron chi connectivity index (χ3n) is 3.32. The number of nitrogens with one attached hydrogen (secondary N) is 2. The largest absolute Gasteiger partial charge is 0.494 e. The minimum Gasteiger partial charge on any atom is -0.494 e. The SMILES string of the molecule is CCCCCOc1cccc(Nc2cccc(NC(C)=O)c2)c1. The number of ether oxygens (including phenoxy) is 1. The predicted octanol–water partition coefficient (Wildman–Crippen LogP) is 4.96. The number of hydrogen-bond acceptors (Lipinski definition) is 3. The van der Waals surface area contributed by atoms with Gasteiger partial charge in [-0.2, -0.15) is 0 Å². The minimum atomic E-state index is -0.0790. The Labute approximate surface area is 137 Å². The van der Waals surface area contributed by atoms with Gasteiger partial charge in [-0.15, -0.1) is 0 Å². The highest BCUT2D eigenvalue weighted by Crippen LogP contribution is 2.23. The van der Waals surface area contributed by atoms with Crippen LogP contribution in [0.3, 0.4) is 0 Å².